The Kier molecular flexibility index (Phi) is 5.26. The average Bonchev–Trinajstić information content (AvgIpc) is 2.66. The predicted octanol–water partition coefficient (Wildman–Crippen LogP) is 2.07. The highest BCUT2D eigenvalue weighted by molar-refractivity contribution is 5.97. The number of hydrogen-bond donors (Lipinski definition) is 2. The van der Waals surface area contributed by atoms with Crippen LogP contribution in [0, 0.1) is 13.8 Å². The van der Waals surface area contributed by atoms with Gasteiger partial charge in [0.1, 0.15) is 6.04 Å². The molecule has 6 heteroatoms. The molecular weight excluding hydrogens is 344 g/mol. The van der Waals surface area contributed by atoms with E-state index in [1.54, 1.807) is 12.1 Å². The monoisotopic (exact) mass is 366 g/mol. The molecule has 0 aromatic heterocycles. The van der Waals surface area contributed by atoms with Crippen LogP contribution in [0.5, 0.6) is 0 Å². The predicted molar refractivity (Wildman–Crippen MR) is 100 cm³/mol. The van der Waals surface area contributed by atoms with Crippen LogP contribution in [0.4, 0.5) is 0 Å². The summed E-state index contributed by atoms with van der Waals surface area (Å²) in [7, 11) is 0. The van der Waals surface area contributed by atoms with Gasteiger partial charge in [-0.2, -0.15) is 0 Å². The number of aliphatic carboxylic acids is 1. The van der Waals surface area contributed by atoms with Crippen molar-refractivity contribution in [3.63, 3.8) is 0 Å². The maximum Gasteiger partial charge on any atom is 0.326 e. The minimum absolute atomic E-state index is 0.228. The number of carboxylic acid groups (broad SMARTS) is 1. The number of carboxylic acids is 1. The number of fused-ring (bicyclic) bond motifs is 1. The van der Waals surface area contributed by atoms with Gasteiger partial charge in [-0.15, -0.1) is 0 Å². The zero-order valence-corrected chi connectivity index (χ0v) is 15.4. The molecule has 140 valence electrons. The van der Waals surface area contributed by atoms with Gasteiger partial charge in [-0.3, -0.25) is 9.59 Å². The molecule has 6 nitrogen and oxygen atoms in total. The van der Waals surface area contributed by atoms with Gasteiger partial charge in [-0.1, -0.05) is 30.3 Å². The van der Waals surface area contributed by atoms with E-state index in [-0.39, 0.29) is 25.4 Å². The molecule has 3 rings (SSSR count). The molecule has 0 aliphatic carbocycles. The fraction of sp³-hybridized carbons (Fsp3) is 0.286. The van der Waals surface area contributed by atoms with Crippen LogP contribution in [0.3, 0.4) is 0 Å². The lowest BCUT2D eigenvalue weighted by molar-refractivity contribution is -0.150. The molecule has 2 aromatic carbocycles. The Hall–Kier alpha value is -3.15. The third kappa shape index (κ3) is 4.00. The largest absolute Gasteiger partial charge is 0.480 e. The molecule has 2 aromatic rings. The zero-order valence-electron chi connectivity index (χ0n) is 15.4. The highest BCUT2D eigenvalue weighted by Crippen LogP contribution is 2.23. The Bertz CT molecular complexity index is 907. The van der Waals surface area contributed by atoms with Crippen LogP contribution in [0.1, 0.15) is 32.6 Å². The molecule has 0 saturated heterocycles. The number of nitrogens with zero attached hydrogens (tertiary/aromatic N) is 1. The van der Waals surface area contributed by atoms with E-state index in [1.807, 2.05) is 44.2 Å². The first-order valence-corrected chi connectivity index (χ1v) is 8.81. The molecule has 2 amide bonds. The van der Waals surface area contributed by atoms with Gasteiger partial charge in [0.25, 0.3) is 5.91 Å². The molecular formula is C21H22N2O4. The Labute approximate surface area is 157 Å². The minimum Gasteiger partial charge on any atom is -0.480 e. The third-order valence-electron chi connectivity index (χ3n) is 5.02. The topological polar surface area (TPSA) is 86.7 Å². The van der Waals surface area contributed by atoms with Gasteiger partial charge >= 0.3 is 5.97 Å². The second kappa shape index (κ2) is 7.61. The average molecular weight is 366 g/mol. The first-order valence-electron chi connectivity index (χ1n) is 8.81. The number of hydrogen-bond acceptors (Lipinski definition) is 3. The van der Waals surface area contributed by atoms with Gasteiger partial charge in [0, 0.05) is 18.5 Å². The Morgan fingerprint density at radius 3 is 2.44 bits per heavy atom. The van der Waals surface area contributed by atoms with E-state index in [4.69, 9.17) is 0 Å². The van der Waals surface area contributed by atoms with Crippen LogP contribution in [0.15, 0.2) is 42.5 Å². The molecule has 27 heavy (non-hydrogen) atoms. The van der Waals surface area contributed by atoms with Crippen molar-refractivity contribution in [2.24, 2.45) is 0 Å². The number of aryl methyl sites for hydroxylation is 2. The first-order chi connectivity index (χ1) is 12.9. The summed E-state index contributed by atoms with van der Waals surface area (Å²) in [4.78, 5) is 37.9. The Balaban J connectivity index is 1.70. The SMILES string of the molecule is Cc1ccc(C(=O)NCC(=O)N2Cc3ccccc3CC2C(=O)O)cc1C. The summed E-state index contributed by atoms with van der Waals surface area (Å²) in [5.74, 6) is -1.80. The first kappa shape index (κ1) is 18.6. The number of carbonyl (C=O) groups is 3. The van der Waals surface area contributed by atoms with E-state index in [0.29, 0.717) is 5.56 Å². The van der Waals surface area contributed by atoms with E-state index in [0.717, 1.165) is 22.3 Å². The lowest BCUT2D eigenvalue weighted by Gasteiger charge is -2.34. The Morgan fingerprint density at radius 2 is 1.78 bits per heavy atom. The van der Waals surface area contributed by atoms with Gasteiger partial charge in [-0.05, 0) is 48.2 Å². The van der Waals surface area contributed by atoms with Crippen molar-refractivity contribution in [2.45, 2.75) is 32.9 Å². The van der Waals surface area contributed by atoms with Crippen molar-refractivity contribution >= 4 is 17.8 Å². The summed E-state index contributed by atoms with van der Waals surface area (Å²) in [5, 5.41) is 12.1. The van der Waals surface area contributed by atoms with E-state index >= 15 is 0 Å². The molecule has 1 aliphatic heterocycles. The van der Waals surface area contributed by atoms with Crippen LogP contribution >= 0.6 is 0 Å². The molecule has 0 fully saturated rings. The Morgan fingerprint density at radius 1 is 1.07 bits per heavy atom. The normalized spacial score (nSPS) is 15.8. The van der Waals surface area contributed by atoms with E-state index in [9.17, 15) is 19.5 Å². The summed E-state index contributed by atoms with van der Waals surface area (Å²) in [6.45, 7) is 3.86. The van der Waals surface area contributed by atoms with Crippen molar-refractivity contribution in [1.82, 2.24) is 10.2 Å². The molecule has 1 aliphatic rings. The maximum atomic E-state index is 12.6. The fourth-order valence-corrected chi connectivity index (χ4v) is 3.25. The highest BCUT2D eigenvalue weighted by Gasteiger charge is 2.34. The van der Waals surface area contributed by atoms with Crippen LogP contribution in [-0.2, 0) is 22.6 Å². The lowest BCUT2D eigenvalue weighted by atomic mass is 9.94. The maximum absolute atomic E-state index is 12.6. The van der Waals surface area contributed by atoms with Crippen molar-refractivity contribution in [1.29, 1.82) is 0 Å². The summed E-state index contributed by atoms with van der Waals surface area (Å²) in [5.41, 5.74) is 4.42. The van der Waals surface area contributed by atoms with Gasteiger partial charge in [0.15, 0.2) is 0 Å². The second-order valence-corrected chi connectivity index (χ2v) is 6.83. The van der Waals surface area contributed by atoms with Gasteiger partial charge in [-0.25, -0.2) is 4.79 Å². The second-order valence-electron chi connectivity index (χ2n) is 6.83. The van der Waals surface area contributed by atoms with Crippen molar-refractivity contribution in [3.8, 4) is 0 Å². The van der Waals surface area contributed by atoms with Crippen molar-refractivity contribution < 1.29 is 19.5 Å². The molecule has 1 atom stereocenters. The standard InChI is InChI=1S/C21H22N2O4/c1-13-7-8-16(9-14(13)2)20(25)22-11-19(24)23-12-17-6-4-3-5-15(17)10-18(23)21(26)27/h3-9,18H,10-12H2,1-2H3,(H,22,25)(H,26,27). The number of carbonyl (C=O) groups excluding carboxylic acids is 2. The third-order valence-corrected chi connectivity index (χ3v) is 5.02. The van der Waals surface area contributed by atoms with Gasteiger partial charge in [0.05, 0.1) is 6.54 Å². The van der Waals surface area contributed by atoms with Crippen LogP contribution in [0.2, 0.25) is 0 Å². The summed E-state index contributed by atoms with van der Waals surface area (Å²) >= 11 is 0. The zero-order chi connectivity index (χ0) is 19.6. The van der Waals surface area contributed by atoms with E-state index in [1.165, 1.54) is 4.90 Å². The quantitative estimate of drug-likeness (QED) is 0.867. The molecule has 0 radical (unpaired) electrons. The molecule has 0 saturated carbocycles. The summed E-state index contributed by atoms with van der Waals surface area (Å²) in [6.07, 6.45) is 0.266. The lowest BCUT2D eigenvalue weighted by Crippen LogP contribution is -2.51. The van der Waals surface area contributed by atoms with Gasteiger partial charge in [0.2, 0.25) is 5.91 Å². The van der Waals surface area contributed by atoms with E-state index in [2.05, 4.69) is 5.32 Å². The van der Waals surface area contributed by atoms with E-state index < -0.39 is 17.9 Å². The molecule has 1 unspecified atom stereocenters. The van der Waals surface area contributed by atoms with Crippen molar-refractivity contribution in [2.75, 3.05) is 6.54 Å². The molecule has 0 bridgehead atoms. The summed E-state index contributed by atoms with van der Waals surface area (Å²) in [6, 6.07) is 11.9. The van der Waals surface area contributed by atoms with Crippen LogP contribution in [-0.4, -0.2) is 40.4 Å². The number of amides is 2. The molecule has 2 N–H and O–H groups in total. The van der Waals surface area contributed by atoms with Gasteiger partial charge < -0.3 is 15.3 Å². The van der Waals surface area contributed by atoms with Crippen molar-refractivity contribution in [3.05, 3.63) is 70.3 Å². The minimum atomic E-state index is -1.04. The fourth-order valence-electron chi connectivity index (χ4n) is 3.25. The highest BCUT2D eigenvalue weighted by atomic mass is 16.4. The smallest absolute Gasteiger partial charge is 0.326 e. The molecule has 0 spiro atoms. The van der Waals surface area contributed by atoms with Crippen LogP contribution in [0.25, 0.3) is 0 Å². The number of rotatable bonds is 4. The number of benzene rings is 2. The number of nitrogens with one attached hydrogen (secondary N) is 1. The molecule has 1 heterocycles. The summed E-state index contributed by atoms with van der Waals surface area (Å²) < 4.78 is 0. The van der Waals surface area contributed by atoms with Crippen LogP contribution < -0.4 is 5.32 Å².